The fourth-order valence-corrected chi connectivity index (χ4v) is 2.91. The van der Waals surface area contributed by atoms with E-state index in [0.717, 1.165) is 30.7 Å². The molecule has 1 aliphatic rings. The van der Waals surface area contributed by atoms with E-state index in [1.807, 2.05) is 23.9 Å². The summed E-state index contributed by atoms with van der Waals surface area (Å²) in [6, 6.07) is 19.5. The Bertz CT molecular complexity index is 554. The van der Waals surface area contributed by atoms with Gasteiger partial charge in [0.1, 0.15) is 5.75 Å². The molecule has 0 amide bonds. The van der Waals surface area contributed by atoms with E-state index in [0.29, 0.717) is 0 Å². The SMILES string of the molecule is c1ccc(SCCOc2ccccc2CNC2CC2)cc1. The molecule has 0 saturated heterocycles. The number of para-hydroxylation sites is 1. The molecule has 3 rings (SSSR count). The van der Waals surface area contributed by atoms with Crippen LogP contribution in [0.3, 0.4) is 0 Å². The van der Waals surface area contributed by atoms with Gasteiger partial charge in [-0.15, -0.1) is 11.8 Å². The molecule has 3 heteroatoms. The summed E-state index contributed by atoms with van der Waals surface area (Å²) in [4.78, 5) is 1.30. The van der Waals surface area contributed by atoms with Gasteiger partial charge in [0, 0.05) is 28.8 Å². The minimum atomic E-state index is 0.728. The van der Waals surface area contributed by atoms with Crippen LogP contribution in [0.5, 0.6) is 5.75 Å². The van der Waals surface area contributed by atoms with Crippen molar-refractivity contribution in [2.45, 2.75) is 30.3 Å². The lowest BCUT2D eigenvalue weighted by Crippen LogP contribution is -2.16. The molecule has 0 aromatic heterocycles. The summed E-state index contributed by atoms with van der Waals surface area (Å²) in [6.45, 7) is 1.65. The molecule has 0 radical (unpaired) electrons. The zero-order valence-corrected chi connectivity index (χ0v) is 12.9. The normalized spacial score (nSPS) is 14.1. The Morgan fingerprint density at radius 2 is 1.76 bits per heavy atom. The molecule has 0 bridgehead atoms. The van der Waals surface area contributed by atoms with Gasteiger partial charge in [-0.2, -0.15) is 0 Å². The summed E-state index contributed by atoms with van der Waals surface area (Å²) < 4.78 is 5.95. The maximum atomic E-state index is 5.95. The summed E-state index contributed by atoms with van der Waals surface area (Å²) >= 11 is 1.83. The topological polar surface area (TPSA) is 21.3 Å². The maximum Gasteiger partial charge on any atom is 0.123 e. The van der Waals surface area contributed by atoms with Gasteiger partial charge in [-0.25, -0.2) is 0 Å². The number of benzene rings is 2. The van der Waals surface area contributed by atoms with Crippen molar-refractivity contribution in [2.24, 2.45) is 0 Å². The highest BCUT2D eigenvalue weighted by Gasteiger charge is 2.20. The van der Waals surface area contributed by atoms with Crippen molar-refractivity contribution in [2.75, 3.05) is 12.4 Å². The minimum absolute atomic E-state index is 0.728. The molecule has 0 atom stereocenters. The van der Waals surface area contributed by atoms with Crippen molar-refractivity contribution in [3.8, 4) is 5.75 Å². The first kappa shape index (κ1) is 14.5. The number of ether oxygens (including phenoxy) is 1. The summed E-state index contributed by atoms with van der Waals surface area (Å²) in [5.74, 6) is 1.98. The Hall–Kier alpha value is -1.45. The van der Waals surface area contributed by atoms with Crippen LogP contribution in [0.25, 0.3) is 0 Å². The van der Waals surface area contributed by atoms with Gasteiger partial charge in [-0.1, -0.05) is 36.4 Å². The molecule has 110 valence electrons. The molecule has 0 unspecified atom stereocenters. The largest absolute Gasteiger partial charge is 0.492 e. The second-order valence-electron chi connectivity index (χ2n) is 5.27. The lowest BCUT2D eigenvalue weighted by Gasteiger charge is -2.12. The fourth-order valence-electron chi connectivity index (χ4n) is 2.16. The van der Waals surface area contributed by atoms with Crippen LogP contribution >= 0.6 is 11.8 Å². The molecule has 1 fully saturated rings. The summed E-state index contributed by atoms with van der Waals surface area (Å²) in [7, 11) is 0. The number of nitrogens with one attached hydrogen (secondary N) is 1. The highest BCUT2D eigenvalue weighted by Crippen LogP contribution is 2.23. The van der Waals surface area contributed by atoms with Crippen LogP contribution in [-0.4, -0.2) is 18.4 Å². The van der Waals surface area contributed by atoms with E-state index in [2.05, 4.69) is 47.8 Å². The standard InChI is InChI=1S/C18H21NOS/c1-2-7-17(8-3-1)21-13-12-20-18-9-5-4-6-15(18)14-19-16-10-11-16/h1-9,16,19H,10-14H2. The van der Waals surface area contributed by atoms with Gasteiger partial charge in [0.15, 0.2) is 0 Å². The summed E-state index contributed by atoms with van der Waals surface area (Å²) in [6.07, 6.45) is 2.63. The highest BCUT2D eigenvalue weighted by molar-refractivity contribution is 7.99. The molecular weight excluding hydrogens is 278 g/mol. The van der Waals surface area contributed by atoms with E-state index < -0.39 is 0 Å². The second-order valence-corrected chi connectivity index (χ2v) is 6.44. The van der Waals surface area contributed by atoms with Crippen LogP contribution in [0.4, 0.5) is 0 Å². The van der Waals surface area contributed by atoms with Gasteiger partial charge >= 0.3 is 0 Å². The summed E-state index contributed by atoms with van der Waals surface area (Å²) in [5.41, 5.74) is 1.26. The zero-order chi connectivity index (χ0) is 14.3. The minimum Gasteiger partial charge on any atom is -0.492 e. The molecule has 2 aromatic carbocycles. The first-order valence-corrected chi connectivity index (χ1v) is 8.52. The zero-order valence-electron chi connectivity index (χ0n) is 12.1. The Labute approximate surface area is 130 Å². The molecule has 1 saturated carbocycles. The molecule has 0 aliphatic heterocycles. The second kappa shape index (κ2) is 7.53. The van der Waals surface area contributed by atoms with E-state index in [9.17, 15) is 0 Å². The third-order valence-corrected chi connectivity index (χ3v) is 4.46. The molecule has 2 aromatic rings. The van der Waals surface area contributed by atoms with E-state index in [-0.39, 0.29) is 0 Å². The predicted octanol–water partition coefficient (Wildman–Crippen LogP) is 4.11. The maximum absolute atomic E-state index is 5.95. The first-order chi connectivity index (χ1) is 10.4. The van der Waals surface area contributed by atoms with Crippen molar-refractivity contribution in [1.29, 1.82) is 0 Å². The lowest BCUT2D eigenvalue weighted by atomic mass is 10.2. The Morgan fingerprint density at radius 1 is 1.00 bits per heavy atom. The smallest absolute Gasteiger partial charge is 0.123 e. The van der Waals surface area contributed by atoms with Gasteiger partial charge in [-0.3, -0.25) is 0 Å². The molecule has 21 heavy (non-hydrogen) atoms. The van der Waals surface area contributed by atoms with Gasteiger partial charge in [0.05, 0.1) is 6.61 Å². The fraction of sp³-hybridized carbons (Fsp3) is 0.333. The van der Waals surface area contributed by atoms with Crippen LogP contribution in [-0.2, 0) is 6.54 Å². The molecule has 1 N–H and O–H groups in total. The average Bonchev–Trinajstić information content (AvgIpc) is 3.36. The number of hydrogen-bond acceptors (Lipinski definition) is 3. The predicted molar refractivity (Wildman–Crippen MR) is 89.0 cm³/mol. The van der Waals surface area contributed by atoms with Gasteiger partial charge < -0.3 is 10.1 Å². The van der Waals surface area contributed by atoms with Crippen LogP contribution in [0.15, 0.2) is 59.5 Å². The number of thioether (sulfide) groups is 1. The van der Waals surface area contributed by atoms with Crippen molar-refractivity contribution in [1.82, 2.24) is 5.32 Å². The van der Waals surface area contributed by atoms with Crippen LogP contribution in [0, 0.1) is 0 Å². The quantitative estimate of drug-likeness (QED) is 0.585. The van der Waals surface area contributed by atoms with E-state index in [1.165, 1.54) is 23.3 Å². The van der Waals surface area contributed by atoms with Crippen LogP contribution in [0.1, 0.15) is 18.4 Å². The molecular formula is C18H21NOS. The highest BCUT2D eigenvalue weighted by atomic mass is 32.2. The van der Waals surface area contributed by atoms with E-state index in [1.54, 1.807) is 0 Å². The Kier molecular flexibility index (Phi) is 5.19. The monoisotopic (exact) mass is 299 g/mol. The van der Waals surface area contributed by atoms with Gasteiger partial charge in [0.25, 0.3) is 0 Å². The molecule has 2 nitrogen and oxygen atoms in total. The van der Waals surface area contributed by atoms with Crippen molar-refractivity contribution in [3.63, 3.8) is 0 Å². The molecule has 0 spiro atoms. The van der Waals surface area contributed by atoms with Gasteiger partial charge in [0.2, 0.25) is 0 Å². The van der Waals surface area contributed by atoms with Crippen molar-refractivity contribution >= 4 is 11.8 Å². The summed E-state index contributed by atoms with van der Waals surface area (Å²) in [5, 5.41) is 3.54. The molecule has 1 aliphatic carbocycles. The molecule has 0 heterocycles. The number of hydrogen-bond donors (Lipinski definition) is 1. The van der Waals surface area contributed by atoms with Crippen LogP contribution < -0.4 is 10.1 Å². The van der Waals surface area contributed by atoms with E-state index in [4.69, 9.17) is 4.74 Å². The Balaban J connectivity index is 1.45. The third-order valence-electron chi connectivity index (χ3n) is 3.48. The lowest BCUT2D eigenvalue weighted by molar-refractivity contribution is 0.339. The first-order valence-electron chi connectivity index (χ1n) is 7.54. The average molecular weight is 299 g/mol. The van der Waals surface area contributed by atoms with Crippen molar-refractivity contribution < 1.29 is 4.74 Å². The third kappa shape index (κ3) is 4.80. The van der Waals surface area contributed by atoms with Gasteiger partial charge in [-0.05, 0) is 31.0 Å². The van der Waals surface area contributed by atoms with Crippen molar-refractivity contribution in [3.05, 3.63) is 60.2 Å². The number of rotatable bonds is 8. The van der Waals surface area contributed by atoms with E-state index >= 15 is 0 Å². The van der Waals surface area contributed by atoms with Crippen LogP contribution in [0.2, 0.25) is 0 Å². The Morgan fingerprint density at radius 3 is 2.57 bits per heavy atom.